The van der Waals surface area contributed by atoms with Gasteiger partial charge in [-0.3, -0.25) is 4.79 Å². The number of nitrogens with one attached hydrogen (secondary N) is 1. The molecule has 1 aliphatic rings. The van der Waals surface area contributed by atoms with Crippen molar-refractivity contribution in [2.24, 2.45) is 0 Å². The third-order valence-electron chi connectivity index (χ3n) is 5.54. The first-order chi connectivity index (χ1) is 17.0. The van der Waals surface area contributed by atoms with E-state index in [1.54, 1.807) is 49.5 Å². The van der Waals surface area contributed by atoms with Crippen molar-refractivity contribution in [2.45, 2.75) is 25.8 Å². The van der Waals surface area contributed by atoms with Crippen LogP contribution in [0.25, 0.3) is 0 Å². The van der Waals surface area contributed by atoms with Gasteiger partial charge in [0, 0.05) is 19.1 Å². The zero-order valence-electron chi connectivity index (χ0n) is 19.4. The molecule has 8 heteroatoms. The highest BCUT2D eigenvalue weighted by molar-refractivity contribution is 5.91. The molecule has 0 radical (unpaired) electrons. The largest absolute Gasteiger partial charge is 0.477 e. The summed E-state index contributed by atoms with van der Waals surface area (Å²) in [4.78, 5) is 30.2. The van der Waals surface area contributed by atoms with E-state index in [-0.39, 0.29) is 23.4 Å². The second kappa shape index (κ2) is 11.2. The van der Waals surface area contributed by atoms with Gasteiger partial charge in [0.25, 0.3) is 0 Å². The molecule has 35 heavy (non-hydrogen) atoms. The molecule has 1 amide bonds. The zero-order valence-corrected chi connectivity index (χ0v) is 19.4. The third kappa shape index (κ3) is 6.38. The molecule has 0 bridgehead atoms. The van der Waals surface area contributed by atoms with Crippen LogP contribution >= 0.6 is 0 Å². The number of carboxylic acids is 1. The summed E-state index contributed by atoms with van der Waals surface area (Å²) >= 11 is 0. The Morgan fingerprint density at radius 2 is 1.74 bits per heavy atom. The highest BCUT2D eigenvalue weighted by Crippen LogP contribution is 2.30. The van der Waals surface area contributed by atoms with Crippen molar-refractivity contribution in [3.8, 4) is 23.1 Å². The van der Waals surface area contributed by atoms with Gasteiger partial charge < -0.3 is 24.8 Å². The number of amides is 1. The third-order valence-corrected chi connectivity index (χ3v) is 5.54. The molecular formula is C27H27N3O5. The van der Waals surface area contributed by atoms with Crippen LogP contribution in [0.15, 0.2) is 79.0 Å². The number of carbonyl (C=O) groups excluding carboxylic acids is 1. The van der Waals surface area contributed by atoms with Crippen LogP contribution < -0.4 is 19.7 Å². The number of allylic oxidation sites excluding steroid dienone is 1. The van der Waals surface area contributed by atoms with Crippen LogP contribution in [-0.4, -0.2) is 41.1 Å². The van der Waals surface area contributed by atoms with E-state index in [0.717, 1.165) is 19.4 Å². The molecule has 2 heterocycles. The van der Waals surface area contributed by atoms with Gasteiger partial charge in [-0.15, -0.1) is 0 Å². The number of piperidine rings is 1. The molecule has 8 nitrogen and oxygen atoms in total. The minimum atomic E-state index is -1.13. The first-order valence-corrected chi connectivity index (χ1v) is 11.4. The molecule has 1 fully saturated rings. The predicted octanol–water partition coefficient (Wildman–Crippen LogP) is 5.03. The van der Waals surface area contributed by atoms with Gasteiger partial charge in [0.05, 0.1) is 11.9 Å². The fourth-order valence-electron chi connectivity index (χ4n) is 3.89. The number of carbonyl (C=O) groups is 2. The number of pyridine rings is 1. The van der Waals surface area contributed by atoms with Gasteiger partial charge in [0.15, 0.2) is 0 Å². The maximum atomic E-state index is 12.0. The minimum Gasteiger partial charge on any atom is -0.477 e. The molecule has 0 spiro atoms. The van der Waals surface area contributed by atoms with Crippen molar-refractivity contribution in [1.29, 1.82) is 0 Å². The maximum Gasteiger partial charge on any atom is 0.341 e. The number of hydrogen-bond acceptors (Lipinski definition) is 6. The van der Waals surface area contributed by atoms with Gasteiger partial charge in [0.1, 0.15) is 22.8 Å². The van der Waals surface area contributed by atoms with E-state index >= 15 is 0 Å². The molecule has 1 aromatic heterocycles. The van der Waals surface area contributed by atoms with Crippen molar-refractivity contribution >= 4 is 17.6 Å². The fourth-order valence-corrected chi connectivity index (χ4v) is 3.89. The average Bonchev–Trinajstić information content (AvgIpc) is 2.86. The van der Waals surface area contributed by atoms with Gasteiger partial charge in [-0.2, -0.15) is 0 Å². The highest BCUT2D eigenvalue weighted by atomic mass is 16.5. The number of ether oxygens (including phenoxy) is 2. The standard InChI is InChI=1S/C27H27N3O5/c1-2-7-25(31)29-19-8-6-15-30(18-19)20-16-24(27(32)33)26(28-17-20)35-23-13-11-22(12-14-23)34-21-9-4-3-5-10-21/h2-5,7,9-14,16-17,19H,6,8,15,18H2,1H3,(H,29,31)(H,32,33). The highest BCUT2D eigenvalue weighted by Gasteiger charge is 2.23. The maximum absolute atomic E-state index is 12.0. The molecule has 0 aliphatic carbocycles. The molecule has 1 atom stereocenters. The number of nitrogens with zero attached hydrogens (tertiary/aromatic N) is 2. The fraction of sp³-hybridized carbons (Fsp3) is 0.222. The van der Waals surface area contributed by atoms with Crippen molar-refractivity contribution in [2.75, 3.05) is 18.0 Å². The molecule has 2 aromatic carbocycles. The van der Waals surface area contributed by atoms with E-state index in [1.807, 2.05) is 35.2 Å². The monoisotopic (exact) mass is 473 g/mol. The molecule has 1 unspecified atom stereocenters. The van der Waals surface area contributed by atoms with Crippen LogP contribution in [0.1, 0.15) is 30.1 Å². The summed E-state index contributed by atoms with van der Waals surface area (Å²) in [5.41, 5.74) is 0.638. The van der Waals surface area contributed by atoms with Gasteiger partial charge in [-0.1, -0.05) is 24.3 Å². The van der Waals surface area contributed by atoms with E-state index in [9.17, 15) is 14.7 Å². The van der Waals surface area contributed by atoms with Crippen molar-refractivity contribution in [1.82, 2.24) is 10.3 Å². The molecule has 1 aliphatic heterocycles. The summed E-state index contributed by atoms with van der Waals surface area (Å²) in [6.07, 6.45) is 6.53. The van der Waals surface area contributed by atoms with Crippen LogP contribution in [0.2, 0.25) is 0 Å². The van der Waals surface area contributed by atoms with Crippen LogP contribution in [0.5, 0.6) is 23.1 Å². The van der Waals surface area contributed by atoms with Crippen molar-refractivity contribution in [3.63, 3.8) is 0 Å². The first kappa shape index (κ1) is 23.8. The van der Waals surface area contributed by atoms with Gasteiger partial charge in [0.2, 0.25) is 11.8 Å². The quantitative estimate of drug-likeness (QED) is 0.443. The van der Waals surface area contributed by atoms with Gasteiger partial charge in [-0.25, -0.2) is 9.78 Å². The van der Waals surface area contributed by atoms with Gasteiger partial charge in [-0.05, 0) is 68.3 Å². The van der Waals surface area contributed by atoms with E-state index in [0.29, 0.717) is 29.5 Å². The Morgan fingerprint density at radius 1 is 1.06 bits per heavy atom. The summed E-state index contributed by atoms with van der Waals surface area (Å²) in [7, 11) is 0. The minimum absolute atomic E-state index is 0.00734. The molecule has 180 valence electrons. The van der Waals surface area contributed by atoms with Crippen molar-refractivity contribution in [3.05, 3.63) is 84.6 Å². The number of carboxylic acid groups (broad SMARTS) is 1. The lowest BCUT2D eigenvalue weighted by Crippen LogP contribution is -2.47. The topological polar surface area (TPSA) is 101 Å². The molecule has 2 N–H and O–H groups in total. The van der Waals surface area contributed by atoms with Crippen LogP contribution in [0.4, 0.5) is 5.69 Å². The van der Waals surface area contributed by atoms with Crippen LogP contribution in [0.3, 0.4) is 0 Å². The SMILES string of the molecule is CC=CC(=O)NC1CCCN(c2cnc(Oc3ccc(Oc4ccccc4)cc3)c(C(=O)O)c2)C1. The van der Waals surface area contributed by atoms with Gasteiger partial charge >= 0.3 is 5.97 Å². The molecule has 0 saturated carbocycles. The Bertz CT molecular complexity index is 1200. The molecule has 4 rings (SSSR count). The Morgan fingerprint density at radius 3 is 2.43 bits per heavy atom. The molecular weight excluding hydrogens is 446 g/mol. The van der Waals surface area contributed by atoms with E-state index in [1.165, 1.54) is 6.08 Å². The number of benzene rings is 2. The summed E-state index contributed by atoms with van der Waals surface area (Å²) < 4.78 is 11.6. The lowest BCUT2D eigenvalue weighted by Gasteiger charge is -2.34. The molecule has 3 aromatic rings. The Balaban J connectivity index is 1.46. The number of hydrogen-bond donors (Lipinski definition) is 2. The van der Waals surface area contributed by atoms with Crippen LogP contribution in [0, 0.1) is 0 Å². The normalized spacial score (nSPS) is 15.6. The van der Waals surface area contributed by atoms with Crippen LogP contribution in [-0.2, 0) is 4.79 Å². The summed E-state index contributed by atoms with van der Waals surface area (Å²) in [6.45, 7) is 3.12. The Hall–Kier alpha value is -4.33. The van der Waals surface area contributed by atoms with Crippen molar-refractivity contribution < 1.29 is 24.2 Å². The lowest BCUT2D eigenvalue weighted by molar-refractivity contribution is -0.117. The molecule has 1 saturated heterocycles. The smallest absolute Gasteiger partial charge is 0.341 e. The summed E-state index contributed by atoms with van der Waals surface area (Å²) in [6, 6.07) is 17.8. The number of aromatic carboxylic acids is 1. The van der Waals surface area contributed by atoms with E-state index < -0.39 is 5.97 Å². The number of rotatable bonds is 8. The number of anilines is 1. The lowest BCUT2D eigenvalue weighted by atomic mass is 10.0. The predicted molar refractivity (Wildman–Crippen MR) is 132 cm³/mol. The number of aromatic nitrogens is 1. The Kier molecular flexibility index (Phi) is 7.62. The second-order valence-electron chi connectivity index (χ2n) is 8.13. The van der Waals surface area contributed by atoms with E-state index in [2.05, 4.69) is 10.3 Å². The zero-order chi connectivity index (χ0) is 24.6. The Labute approximate surface area is 203 Å². The average molecular weight is 474 g/mol. The first-order valence-electron chi connectivity index (χ1n) is 11.4. The summed E-state index contributed by atoms with van der Waals surface area (Å²) in [5.74, 6) is 0.534. The second-order valence-corrected chi connectivity index (χ2v) is 8.13. The number of para-hydroxylation sites is 1. The summed E-state index contributed by atoms with van der Waals surface area (Å²) in [5, 5.41) is 12.8. The van der Waals surface area contributed by atoms with E-state index in [4.69, 9.17) is 9.47 Å².